The van der Waals surface area contributed by atoms with Crippen molar-refractivity contribution in [2.24, 2.45) is 0 Å². The highest BCUT2D eigenvalue weighted by Gasteiger charge is 2.11. The van der Waals surface area contributed by atoms with Gasteiger partial charge in [0, 0.05) is 11.3 Å². The Balaban J connectivity index is 1.68. The minimum atomic E-state index is -0.432. The number of ether oxygens (including phenoxy) is 1. The summed E-state index contributed by atoms with van der Waals surface area (Å²) in [4.78, 5) is 24.5. The second-order valence-corrected chi connectivity index (χ2v) is 6.05. The van der Waals surface area contributed by atoms with Crippen LogP contribution in [0.15, 0.2) is 72.8 Å². The SMILES string of the molecule is Cc1ccc(C)c(NC(=O)c2ccc(OC(=O)c3ccccc3)cc2)c1. The fraction of sp³-hybridized carbons (Fsp3) is 0.0909. The Morgan fingerprint density at radius 2 is 1.50 bits per heavy atom. The number of nitrogens with one attached hydrogen (secondary N) is 1. The van der Waals surface area contributed by atoms with Gasteiger partial charge >= 0.3 is 5.97 Å². The zero-order valence-corrected chi connectivity index (χ0v) is 14.7. The second-order valence-electron chi connectivity index (χ2n) is 6.05. The fourth-order valence-electron chi connectivity index (χ4n) is 2.48. The normalized spacial score (nSPS) is 10.2. The first-order valence-electron chi connectivity index (χ1n) is 8.29. The van der Waals surface area contributed by atoms with E-state index in [2.05, 4.69) is 5.32 Å². The molecule has 26 heavy (non-hydrogen) atoms. The molecule has 130 valence electrons. The van der Waals surface area contributed by atoms with Gasteiger partial charge < -0.3 is 10.1 Å². The molecule has 0 spiro atoms. The van der Waals surface area contributed by atoms with Crippen molar-refractivity contribution < 1.29 is 14.3 Å². The average Bonchev–Trinajstić information content (AvgIpc) is 2.66. The van der Waals surface area contributed by atoms with E-state index in [9.17, 15) is 9.59 Å². The van der Waals surface area contributed by atoms with Crippen LogP contribution in [0.4, 0.5) is 5.69 Å². The Morgan fingerprint density at radius 1 is 0.808 bits per heavy atom. The largest absolute Gasteiger partial charge is 0.423 e. The Morgan fingerprint density at radius 3 is 2.19 bits per heavy atom. The van der Waals surface area contributed by atoms with Crippen LogP contribution < -0.4 is 10.1 Å². The van der Waals surface area contributed by atoms with Crippen molar-refractivity contribution >= 4 is 17.6 Å². The van der Waals surface area contributed by atoms with E-state index in [1.54, 1.807) is 48.5 Å². The molecular formula is C22H19NO3. The van der Waals surface area contributed by atoms with E-state index < -0.39 is 5.97 Å². The van der Waals surface area contributed by atoms with Gasteiger partial charge in [0.05, 0.1) is 5.56 Å². The summed E-state index contributed by atoms with van der Waals surface area (Å²) in [5.41, 5.74) is 3.83. The summed E-state index contributed by atoms with van der Waals surface area (Å²) in [6, 6.07) is 21.2. The molecule has 3 aromatic carbocycles. The maximum atomic E-state index is 12.4. The molecule has 3 aromatic rings. The van der Waals surface area contributed by atoms with Gasteiger partial charge in [-0.05, 0) is 67.4 Å². The topological polar surface area (TPSA) is 55.4 Å². The van der Waals surface area contributed by atoms with Gasteiger partial charge in [-0.2, -0.15) is 0 Å². The lowest BCUT2D eigenvalue weighted by atomic mass is 10.1. The number of hydrogen-bond acceptors (Lipinski definition) is 3. The minimum absolute atomic E-state index is 0.209. The van der Waals surface area contributed by atoms with Crippen LogP contribution in [0.3, 0.4) is 0 Å². The molecule has 0 atom stereocenters. The molecular weight excluding hydrogens is 326 g/mol. The number of benzene rings is 3. The lowest BCUT2D eigenvalue weighted by Crippen LogP contribution is -2.13. The number of aryl methyl sites for hydroxylation is 2. The highest BCUT2D eigenvalue weighted by atomic mass is 16.5. The Bertz CT molecular complexity index is 931. The summed E-state index contributed by atoms with van der Waals surface area (Å²) in [5, 5.41) is 2.91. The number of carbonyl (C=O) groups excluding carboxylic acids is 2. The molecule has 0 unspecified atom stereocenters. The standard InChI is InChI=1S/C22H19NO3/c1-15-8-9-16(2)20(14-15)23-21(24)17-10-12-19(13-11-17)26-22(25)18-6-4-3-5-7-18/h3-14H,1-2H3,(H,23,24). The van der Waals surface area contributed by atoms with Crippen molar-refractivity contribution in [1.82, 2.24) is 0 Å². The van der Waals surface area contributed by atoms with E-state index in [0.29, 0.717) is 16.9 Å². The van der Waals surface area contributed by atoms with Crippen LogP contribution in [0, 0.1) is 13.8 Å². The van der Waals surface area contributed by atoms with Crippen molar-refractivity contribution in [2.45, 2.75) is 13.8 Å². The van der Waals surface area contributed by atoms with E-state index in [0.717, 1.165) is 16.8 Å². The molecule has 0 aromatic heterocycles. The molecule has 3 rings (SSSR count). The lowest BCUT2D eigenvalue weighted by molar-refractivity contribution is 0.0734. The molecule has 0 saturated carbocycles. The Kier molecular flexibility index (Phi) is 5.13. The van der Waals surface area contributed by atoms with Crippen LogP contribution in [0.2, 0.25) is 0 Å². The van der Waals surface area contributed by atoms with Crippen LogP contribution in [0.1, 0.15) is 31.8 Å². The number of anilines is 1. The smallest absolute Gasteiger partial charge is 0.343 e. The minimum Gasteiger partial charge on any atom is -0.423 e. The zero-order chi connectivity index (χ0) is 18.5. The fourth-order valence-corrected chi connectivity index (χ4v) is 2.48. The maximum absolute atomic E-state index is 12.4. The number of hydrogen-bond donors (Lipinski definition) is 1. The third kappa shape index (κ3) is 4.16. The first-order chi connectivity index (χ1) is 12.5. The van der Waals surface area contributed by atoms with Crippen molar-refractivity contribution in [1.29, 1.82) is 0 Å². The van der Waals surface area contributed by atoms with E-state index >= 15 is 0 Å². The van der Waals surface area contributed by atoms with Crippen molar-refractivity contribution in [3.05, 3.63) is 95.1 Å². The van der Waals surface area contributed by atoms with Crippen LogP contribution in [-0.2, 0) is 0 Å². The lowest BCUT2D eigenvalue weighted by Gasteiger charge is -2.10. The average molecular weight is 345 g/mol. The molecule has 0 aliphatic heterocycles. The number of esters is 1. The van der Waals surface area contributed by atoms with Crippen molar-refractivity contribution in [2.75, 3.05) is 5.32 Å². The number of carbonyl (C=O) groups is 2. The third-order valence-corrected chi connectivity index (χ3v) is 3.98. The Labute approximate surface area is 152 Å². The molecule has 0 fully saturated rings. The number of amides is 1. The van der Waals surface area contributed by atoms with E-state index in [4.69, 9.17) is 4.74 Å². The van der Waals surface area contributed by atoms with E-state index in [-0.39, 0.29) is 5.91 Å². The molecule has 0 aliphatic carbocycles. The van der Waals surface area contributed by atoms with Gasteiger partial charge in [-0.3, -0.25) is 4.79 Å². The molecule has 0 bridgehead atoms. The predicted molar refractivity (Wildman–Crippen MR) is 102 cm³/mol. The predicted octanol–water partition coefficient (Wildman–Crippen LogP) is 4.77. The summed E-state index contributed by atoms with van der Waals surface area (Å²) in [6.07, 6.45) is 0. The highest BCUT2D eigenvalue weighted by Crippen LogP contribution is 2.19. The van der Waals surface area contributed by atoms with Gasteiger partial charge in [0.15, 0.2) is 0 Å². The zero-order valence-electron chi connectivity index (χ0n) is 14.7. The van der Waals surface area contributed by atoms with Gasteiger partial charge in [0.25, 0.3) is 5.91 Å². The first-order valence-corrected chi connectivity index (χ1v) is 8.29. The molecule has 4 nitrogen and oxygen atoms in total. The van der Waals surface area contributed by atoms with Gasteiger partial charge in [-0.25, -0.2) is 4.79 Å². The monoisotopic (exact) mass is 345 g/mol. The van der Waals surface area contributed by atoms with Gasteiger partial charge in [-0.1, -0.05) is 30.3 Å². The Hall–Kier alpha value is -3.40. The van der Waals surface area contributed by atoms with Crippen LogP contribution in [0.5, 0.6) is 5.75 Å². The summed E-state index contributed by atoms with van der Waals surface area (Å²) < 4.78 is 5.32. The maximum Gasteiger partial charge on any atom is 0.343 e. The third-order valence-electron chi connectivity index (χ3n) is 3.98. The van der Waals surface area contributed by atoms with E-state index in [1.807, 2.05) is 38.1 Å². The van der Waals surface area contributed by atoms with Crippen LogP contribution >= 0.6 is 0 Å². The quantitative estimate of drug-likeness (QED) is 0.547. The summed E-state index contributed by atoms with van der Waals surface area (Å²) >= 11 is 0. The molecule has 0 heterocycles. The molecule has 4 heteroatoms. The van der Waals surface area contributed by atoms with E-state index in [1.165, 1.54) is 0 Å². The molecule has 0 saturated heterocycles. The van der Waals surface area contributed by atoms with Crippen molar-refractivity contribution in [3.63, 3.8) is 0 Å². The number of rotatable bonds is 4. The molecule has 0 aliphatic rings. The van der Waals surface area contributed by atoms with Gasteiger partial charge in [-0.15, -0.1) is 0 Å². The second kappa shape index (κ2) is 7.66. The summed E-state index contributed by atoms with van der Waals surface area (Å²) in [7, 11) is 0. The summed E-state index contributed by atoms with van der Waals surface area (Å²) in [5.74, 6) is -0.250. The van der Waals surface area contributed by atoms with Crippen LogP contribution in [0.25, 0.3) is 0 Å². The molecule has 0 radical (unpaired) electrons. The molecule has 1 N–H and O–H groups in total. The van der Waals surface area contributed by atoms with Crippen molar-refractivity contribution in [3.8, 4) is 5.75 Å². The first kappa shape index (κ1) is 17.4. The molecule has 1 amide bonds. The van der Waals surface area contributed by atoms with Gasteiger partial charge in [0.1, 0.15) is 5.75 Å². The highest BCUT2D eigenvalue weighted by molar-refractivity contribution is 6.04. The van der Waals surface area contributed by atoms with Gasteiger partial charge in [0.2, 0.25) is 0 Å². The van der Waals surface area contributed by atoms with Crippen LogP contribution in [-0.4, -0.2) is 11.9 Å². The summed E-state index contributed by atoms with van der Waals surface area (Å²) in [6.45, 7) is 3.92.